The zero-order chi connectivity index (χ0) is 21.0. The van der Waals surface area contributed by atoms with Gasteiger partial charge in [-0.3, -0.25) is 0 Å². The maximum atomic E-state index is 10.7. The van der Waals surface area contributed by atoms with Crippen molar-refractivity contribution in [3.05, 3.63) is 0 Å². The summed E-state index contributed by atoms with van der Waals surface area (Å²) >= 11 is 0. The third-order valence-corrected chi connectivity index (χ3v) is 2.55. The van der Waals surface area contributed by atoms with Crippen molar-refractivity contribution < 1.29 is 114 Å². The van der Waals surface area contributed by atoms with Crippen LogP contribution in [0.2, 0.25) is 0 Å². The molecule has 0 amide bonds. The second-order valence-corrected chi connectivity index (χ2v) is 6.81. The van der Waals surface area contributed by atoms with Gasteiger partial charge in [0.2, 0.25) is 0 Å². The molecule has 0 rings (SSSR count). The van der Waals surface area contributed by atoms with Gasteiger partial charge < -0.3 is 13.7 Å². The maximum absolute atomic E-state index is 10.7. The summed E-state index contributed by atoms with van der Waals surface area (Å²) in [5.74, 6) is 0. The van der Waals surface area contributed by atoms with Crippen LogP contribution in [0.15, 0.2) is 0 Å². The van der Waals surface area contributed by atoms with Crippen LogP contribution in [0.4, 0.5) is 39.5 Å². The summed E-state index contributed by atoms with van der Waals surface area (Å²) in [7, 11) is -18.3. The van der Waals surface area contributed by atoms with Gasteiger partial charge in [-0.25, -0.2) is 25.3 Å². The summed E-state index contributed by atoms with van der Waals surface area (Å²) in [6.07, 6.45) is 0. The Balaban J connectivity index is -0.000000130. The molecule has 0 spiro atoms. The molecule has 0 unspecified atom stereocenters. The van der Waals surface area contributed by atoms with Gasteiger partial charge in [0.1, 0.15) is 0 Å². The molecule has 0 atom stereocenters. The minimum atomic E-state index is -6.09. The minimum absolute atomic E-state index is 0. The van der Waals surface area contributed by atoms with E-state index in [1.165, 1.54) is 0 Å². The van der Waals surface area contributed by atoms with Crippen molar-refractivity contribution >= 4 is 30.4 Å². The summed E-state index contributed by atoms with van der Waals surface area (Å²) in [6.45, 7) is 0. The predicted molar refractivity (Wildman–Crippen MR) is 47.3 cm³/mol. The maximum Gasteiger partial charge on any atom is 3.00 e. The van der Waals surface area contributed by atoms with Crippen molar-refractivity contribution in [2.45, 2.75) is 16.5 Å². The number of alkyl halides is 9. The molecule has 0 N–H and O–H groups in total. The van der Waals surface area contributed by atoms with Crippen molar-refractivity contribution in [3.63, 3.8) is 0 Å². The van der Waals surface area contributed by atoms with Gasteiger partial charge >= 0.3 is 52.1 Å². The average Bonchev–Trinajstić information content (AvgIpc) is 2.08. The van der Waals surface area contributed by atoms with Crippen LogP contribution in [-0.2, 0) is 30.4 Å². The first-order valence-corrected chi connectivity index (χ1v) is 8.04. The van der Waals surface area contributed by atoms with Gasteiger partial charge in [-0.15, -0.1) is 0 Å². The third kappa shape index (κ3) is 16.2. The van der Waals surface area contributed by atoms with Crippen molar-refractivity contribution in [1.29, 1.82) is 0 Å². The summed E-state index contributed by atoms with van der Waals surface area (Å²) in [4.78, 5) is 0. The van der Waals surface area contributed by atoms with Crippen molar-refractivity contribution in [1.82, 2.24) is 0 Å². The van der Waals surface area contributed by atoms with E-state index >= 15 is 0 Å². The fourth-order valence-corrected chi connectivity index (χ4v) is 0. The first kappa shape index (κ1) is 32.9. The third-order valence-electron chi connectivity index (χ3n) is 0.850. The monoisotopic (exact) mass is 586 g/mol. The molecular weight excluding hydrogens is 586 g/mol. The van der Waals surface area contributed by atoms with Crippen LogP contribution in [0, 0.1) is 35.6 Å². The Morgan fingerprint density at radius 1 is 0.440 bits per heavy atom. The van der Waals surface area contributed by atoms with Crippen LogP contribution < -0.4 is 0 Å². The first-order valence-electron chi connectivity index (χ1n) is 3.81. The van der Waals surface area contributed by atoms with Crippen molar-refractivity contribution in [2.24, 2.45) is 0 Å². The molecule has 0 heterocycles. The van der Waals surface area contributed by atoms with Crippen LogP contribution in [0.1, 0.15) is 0 Å². The predicted octanol–water partition coefficient (Wildman–Crippen LogP) is 0.154. The molecule has 9 nitrogen and oxygen atoms in total. The van der Waals surface area contributed by atoms with Crippen LogP contribution in [0.5, 0.6) is 0 Å². The SMILES string of the molecule is O=S(=O)([O-])C(F)(F)F.O=S(=O)([O-])C(F)(F)F.O=S(=O)([O-])C(F)(F)F.[La+3]. The van der Waals surface area contributed by atoms with Crippen LogP contribution in [0.3, 0.4) is 0 Å². The van der Waals surface area contributed by atoms with Gasteiger partial charge in [-0.1, -0.05) is 0 Å². The van der Waals surface area contributed by atoms with Gasteiger partial charge in [-0.05, 0) is 0 Å². The van der Waals surface area contributed by atoms with E-state index in [2.05, 4.69) is 0 Å². The average molecular weight is 586 g/mol. The molecular formula is C3F9LaO9S3. The molecule has 0 radical (unpaired) electrons. The molecule has 0 aliphatic heterocycles. The van der Waals surface area contributed by atoms with Crippen LogP contribution >= 0.6 is 0 Å². The van der Waals surface area contributed by atoms with E-state index in [0.29, 0.717) is 0 Å². The Morgan fingerprint density at radius 3 is 0.480 bits per heavy atom. The molecule has 25 heavy (non-hydrogen) atoms. The van der Waals surface area contributed by atoms with E-state index in [1.54, 1.807) is 0 Å². The second-order valence-electron chi connectivity index (χ2n) is 2.70. The summed E-state index contributed by atoms with van der Waals surface area (Å²) < 4.78 is 177. The van der Waals surface area contributed by atoms with Crippen LogP contribution in [-0.4, -0.2) is 55.4 Å². The Hall–Kier alpha value is 0.295. The topological polar surface area (TPSA) is 172 Å². The Morgan fingerprint density at radius 2 is 0.480 bits per heavy atom. The fourth-order valence-electron chi connectivity index (χ4n) is 0. The molecule has 0 fully saturated rings. The largest absolute Gasteiger partial charge is 3.00 e. The standard InChI is InChI=1S/3CHF3O3S.La/c3*2-1(3,4)8(5,6)7;/h3*(H,5,6,7);/q;;;+3/p-3. The van der Waals surface area contributed by atoms with Gasteiger partial charge in [-0.2, -0.15) is 39.5 Å². The molecule has 0 saturated heterocycles. The Bertz CT molecular complexity index is 596. The van der Waals surface area contributed by atoms with E-state index in [4.69, 9.17) is 38.9 Å². The zero-order valence-electron chi connectivity index (χ0n) is 10.4. The minimum Gasteiger partial charge on any atom is -0.741 e. The van der Waals surface area contributed by atoms with Crippen molar-refractivity contribution in [3.8, 4) is 0 Å². The van der Waals surface area contributed by atoms with E-state index in [0.717, 1.165) is 0 Å². The van der Waals surface area contributed by atoms with Crippen LogP contribution in [0.25, 0.3) is 0 Å². The number of halogens is 9. The number of hydrogen-bond donors (Lipinski definition) is 0. The Labute approximate surface area is 160 Å². The van der Waals surface area contributed by atoms with E-state index in [1.807, 2.05) is 0 Å². The first-order chi connectivity index (χ1) is 9.75. The number of rotatable bonds is 0. The molecule has 150 valence electrons. The molecule has 0 aromatic carbocycles. The van der Waals surface area contributed by atoms with Crippen molar-refractivity contribution in [2.75, 3.05) is 0 Å². The van der Waals surface area contributed by atoms with Gasteiger partial charge in [0.15, 0.2) is 30.4 Å². The second kappa shape index (κ2) is 10.0. The molecule has 0 aliphatic carbocycles. The smallest absolute Gasteiger partial charge is 0.741 e. The summed E-state index contributed by atoms with van der Waals surface area (Å²) in [6, 6.07) is 0. The Kier molecular flexibility index (Phi) is 13.2. The molecule has 0 aromatic rings. The van der Waals surface area contributed by atoms with E-state index in [-0.39, 0.29) is 35.6 Å². The number of hydrogen-bond acceptors (Lipinski definition) is 9. The molecule has 0 aromatic heterocycles. The molecule has 0 bridgehead atoms. The van der Waals surface area contributed by atoms with Gasteiger partial charge in [0.05, 0.1) is 0 Å². The summed E-state index contributed by atoms with van der Waals surface area (Å²) in [5, 5.41) is 0. The molecule has 22 heteroatoms. The molecule has 0 saturated carbocycles. The summed E-state index contributed by atoms with van der Waals surface area (Å²) in [5.41, 5.74) is -16.9. The normalized spacial score (nSPS) is 13.4. The zero-order valence-corrected chi connectivity index (χ0v) is 16.5. The van der Waals surface area contributed by atoms with Gasteiger partial charge in [0, 0.05) is 0 Å². The van der Waals surface area contributed by atoms with E-state index < -0.39 is 46.9 Å². The van der Waals surface area contributed by atoms with Gasteiger partial charge in [0.25, 0.3) is 0 Å². The van der Waals surface area contributed by atoms with E-state index in [9.17, 15) is 39.5 Å². The fraction of sp³-hybridized carbons (Fsp3) is 1.00. The quantitative estimate of drug-likeness (QED) is 0.218. The molecule has 0 aliphatic rings.